The van der Waals surface area contributed by atoms with E-state index in [1.54, 1.807) is 0 Å². The van der Waals surface area contributed by atoms with Crippen LogP contribution in [0.3, 0.4) is 0 Å². The Balaban J connectivity index is 4.52. The van der Waals surface area contributed by atoms with Crippen molar-refractivity contribution < 1.29 is 38.2 Å². The molecule has 0 aromatic heterocycles. The fraction of sp³-hybridized carbons (Fsp3) is 0.683. The monoisotopic (exact) mass is 689 g/mol. The van der Waals surface area contributed by atoms with Gasteiger partial charge < -0.3 is 23.8 Å². The van der Waals surface area contributed by atoms with Crippen LogP contribution < -0.4 is 0 Å². The van der Waals surface area contributed by atoms with Crippen molar-refractivity contribution >= 4 is 17.9 Å². The number of allylic oxidation sites excluding steroid dienone is 10. The van der Waals surface area contributed by atoms with E-state index < -0.39 is 18.1 Å². The Hall–Kier alpha value is -2.97. The van der Waals surface area contributed by atoms with Gasteiger partial charge in [0, 0.05) is 19.3 Å². The number of quaternary nitrogens is 1. The van der Waals surface area contributed by atoms with E-state index in [1.165, 1.54) is 32.1 Å². The summed E-state index contributed by atoms with van der Waals surface area (Å²) in [5, 5.41) is 9.56. The molecule has 0 heterocycles. The maximum Gasteiger partial charge on any atom is 0.362 e. The van der Waals surface area contributed by atoms with Gasteiger partial charge in [-0.3, -0.25) is 9.59 Å². The summed E-state index contributed by atoms with van der Waals surface area (Å²) in [6, 6.07) is -0.624. The van der Waals surface area contributed by atoms with Crippen molar-refractivity contribution in [1.29, 1.82) is 0 Å². The molecule has 0 aliphatic rings. The Morgan fingerprint density at radius 1 is 0.633 bits per heavy atom. The van der Waals surface area contributed by atoms with Crippen molar-refractivity contribution in [3.63, 3.8) is 0 Å². The summed E-state index contributed by atoms with van der Waals surface area (Å²) < 4.78 is 17.1. The van der Waals surface area contributed by atoms with Crippen LogP contribution in [0.5, 0.6) is 0 Å². The van der Waals surface area contributed by atoms with Gasteiger partial charge in [0.05, 0.1) is 34.4 Å². The van der Waals surface area contributed by atoms with Crippen molar-refractivity contribution in [3.8, 4) is 0 Å². The lowest BCUT2D eigenvalue weighted by Gasteiger charge is -2.31. The predicted molar refractivity (Wildman–Crippen MR) is 201 cm³/mol. The first-order valence-electron chi connectivity index (χ1n) is 18.8. The molecule has 0 aliphatic heterocycles. The van der Waals surface area contributed by atoms with Crippen molar-refractivity contribution in [3.05, 3.63) is 60.8 Å². The van der Waals surface area contributed by atoms with Gasteiger partial charge in [-0.05, 0) is 51.4 Å². The fourth-order valence-electron chi connectivity index (χ4n) is 5.01. The van der Waals surface area contributed by atoms with Crippen molar-refractivity contribution in [2.75, 3.05) is 41.0 Å². The number of hydrogen-bond acceptors (Lipinski definition) is 6. The minimum absolute atomic E-state index is 0.0367. The highest BCUT2D eigenvalue weighted by Crippen LogP contribution is 2.12. The normalized spacial score (nSPS) is 13.7. The minimum atomic E-state index is -0.888. The molecule has 0 amide bonds. The van der Waals surface area contributed by atoms with Gasteiger partial charge in [0.2, 0.25) is 0 Å². The number of carboxylic acid groups (broad SMARTS) is 1. The second-order valence-corrected chi connectivity index (χ2v) is 13.5. The molecule has 0 aromatic rings. The zero-order chi connectivity index (χ0) is 36.4. The van der Waals surface area contributed by atoms with Crippen LogP contribution in [0, 0.1) is 0 Å². The van der Waals surface area contributed by atoms with Crippen molar-refractivity contribution in [2.45, 2.75) is 142 Å². The van der Waals surface area contributed by atoms with E-state index in [0.29, 0.717) is 19.3 Å². The van der Waals surface area contributed by atoms with Crippen LogP contribution in [0.4, 0.5) is 0 Å². The quantitative estimate of drug-likeness (QED) is 0.0325. The molecule has 49 heavy (non-hydrogen) atoms. The van der Waals surface area contributed by atoms with E-state index in [2.05, 4.69) is 74.6 Å². The molecular formula is C41H70NO7+. The van der Waals surface area contributed by atoms with Crippen LogP contribution in [-0.2, 0) is 28.6 Å². The highest BCUT2D eigenvalue weighted by atomic mass is 16.6. The molecule has 0 saturated heterocycles. The number of unbranched alkanes of at least 4 members (excludes halogenated alkanes) is 8. The average molecular weight is 689 g/mol. The van der Waals surface area contributed by atoms with Gasteiger partial charge in [0.25, 0.3) is 0 Å². The highest BCUT2D eigenvalue weighted by Gasteiger charge is 2.31. The Bertz CT molecular complexity index is 990. The predicted octanol–water partition coefficient (Wildman–Crippen LogP) is 9.46. The van der Waals surface area contributed by atoms with E-state index in [-0.39, 0.29) is 42.7 Å². The standard InChI is InChI=1S/C41H69NO7/c1-6-8-10-12-14-16-17-18-19-20-21-22-23-24-26-28-30-32-40(44)49-37(35-47-34-33-38(41(45)46)42(3,4)5)36-48-39(43)31-29-27-25-15-13-11-9-7-2/h8,10,14,16,18-19,21-22,24,26,37-38H,6-7,9,11-13,15,17,20,23,25,27-36H2,1-5H3/p+1/b10-8+,16-14+,19-18+,22-21+,26-24+. The zero-order valence-electron chi connectivity index (χ0n) is 31.6. The summed E-state index contributed by atoms with van der Waals surface area (Å²) in [6.45, 7) is 4.50. The van der Waals surface area contributed by atoms with Crippen LogP contribution in [0.2, 0.25) is 0 Å². The molecule has 280 valence electrons. The molecule has 1 N–H and O–H groups in total. The van der Waals surface area contributed by atoms with Crippen LogP contribution in [0.1, 0.15) is 129 Å². The third kappa shape index (κ3) is 30.8. The van der Waals surface area contributed by atoms with Crippen LogP contribution >= 0.6 is 0 Å². The smallest absolute Gasteiger partial charge is 0.362 e. The van der Waals surface area contributed by atoms with Crippen molar-refractivity contribution in [2.24, 2.45) is 0 Å². The number of carbonyl (C=O) groups excluding carboxylic acids is 2. The molecule has 0 fully saturated rings. The third-order valence-electron chi connectivity index (χ3n) is 7.93. The summed E-state index contributed by atoms with van der Waals surface area (Å²) in [5.41, 5.74) is 0. The second-order valence-electron chi connectivity index (χ2n) is 13.5. The third-order valence-corrected chi connectivity index (χ3v) is 7.93. The second kappa shape index (κ2) is 32.2. The average Bonchev–Trinajstić information content (AvgIpc) is 3.05. The first-order chi connectivity index (χ1) is 23.6. The Kier molecular flexibility index (Phi) is 30.3. The molecule has 0 rings (SSSR count). The van der Waals surface area contributed by atoms with E-state index in [0.717, 1.165) is 57.8 Å². The summed E-state index contributed by atoms with van der Waals surface area (Å²) in [6.07, 6.45) is 37.1. The zero-order valence-corrected chi connectivity index (χ0v) is 31.6. The van der Waals surface area contributed by atoms with Crippen molar-refractivity contribution in [1.82, 2.24) is 0 Å². The number of rotatable bonds is 32. The lowest BCUT2D eigenvalue weighted by Crippen LogP contribution is -2.50. The van der Waals surface area contributed by atoms with Gasteiger partial charge in [-0.15, -0.1) is 0 Å². The molecule has 2 atom stereocenters. The van der Waals surface area contributed by atoms with E-state index in [1.807, 2.05) is 21.1 Å². The van der Waals surface area contributed by atoms with Gasteiger partial charge in [-0.2, -0.15) is 0 Å². The number of esters is 2. The molecule has 0 radical (unpaired) electrons. The number of likely N-dealkylation sites (N-methyl/N-ethyl adjacent to an activating group) is 1. The molecule has 2 unspecified atom stereocenters. The lowest BCUT2D eigenvalue weighted by atomic mass is 10.1. The molecule has 0 aromatic carbocycles. The van der Waals surface area contributed by atoms with Gasteiger partial charge in [-0.1, -0.05) is 120 Å². The molecule has 0 spiro atoms. The van der Waals surface area contributed by atoms with Gasteiger partial charge in [0.15, 0.2) is 12.1 Å². The van der Waals surface area contributed by atoms with Gasteiger partial charge in [0.1, 0.15) is 6.61 Å². The number of aliphatic carboxylic acids is 1. The molecule has 0 aliphatic carbocycles. The van der Waals surface area contributed by atoms with E-state index in [9.17, 15) is 19.5 Å². The maximum atomic E-state index is 12.6. The number of ether oxygens (including phenoxy) is 3. The Morgan fingerprint density at radius 2 is 1.14 bits per heavy atom. The van der Waals surface area contributed by atoms with Crippen LogP contribution in [0.25, 0.3) is 0 Å². The first kappa shape index (κ1) is 46.0. The number of carboxylic acids is 1. The number of carbonyl (C=O) groups is 3. The number of hydrogen-bond donors (Lipinski definition) is 1. The Labute approximate surface area is 298 Å². The van der Waals surface area contributed by atoms with Gasteiger partial charge >= 0.3 is 17.9 Å². The minimum Gasteiger partial charge on any atom is -0.477 e. The largest absolute Gasteiger partial charge is 0.477 e. The van der Waals surface area contributed by atoms with Crippen LogP contribution in [-0.4, -0.2) is 80.6 Å². The van der Waals surface area contributed by atoms with Gasteiger partial charge in [-0.25, -0.2) is 4.79 Å². The molecule has 0 bridgehead atoms. The van der Waals surface area contributed by atoms with Crippen LogP contribution in [0.15, 0.2) is 60.8 Å². The summed E-state index contributed by atoms with van der Waals surface area (Å²) in [5.74, 6) is -1.56. The lowest BCUT2D eigenvalue weighted by molar-refractivity contribution is -0.887. The SMILES string of the molecule is CC/C=C/C/C=C/C/C=C/C/C=C/C/C=C/CCCC(=O)OC(COCCC(C(=O)O)[N+](C)(C)C)COC(=O)CCCCCCCCCC. The number of nitrogens with zero attached hydrogens (tertiary/aromatic N) is 1. The van der Waals surface area contributed by atoms with E-state index >= 15 is 0 Å². The topological polar surface area (TPSA) is 99.1 Å². The Morgan fingerprint density at radius 3 is 1.67 bits per heavy atom. The fourth-order valence-corrected chi connectivity index (χ4v) is 5.01. The maximum absolute atomic E-state index is 12.6. The highest BCUT2D eigenvalue weighted by molar-refractivity contribution is 5.72. The summed E-state index contributed by atoms with van der Waals surface area (Å²) >= 11 is 0. The molecule has 8 nitrogen and oxygen atoms in total. The first-order valence-corrected chi connectivity index (χ1v) is 18.8. The van der Waals surface area contributed by atoms with E-state index in [4.69, 9.17) is 14.2 Å². The molecular weight excluding hydrogens is 618 g/mol. The summed E-state index contributed by atoms with van der Waals surface area (Å²) in [4.78, 5) is 36.6. The summed E-state index contributed by atoms with van der Waals surface area (Å²) in [7, 11) is 5.48. The molecule has 0 saturated carbocycles. The molecule has 8 heteroatoms.